The fraction of sp³-hybridized carbons (Fsp3) is 0.583. The molecular formula is C12H18N4O3. The molecule has 0 aromatic carbocycles. The summed E-state index contributed by atoms with van der Waals surface area (Å²) in [5, 5.41) is 18.1. The third-order valence-electron chi connectivity index (χ3n) is 3.25. The minimum absolute atomic E-state index is 0.127. The quantitative estimate of drug-likeness (QED) is 0.765. The number of carbonyl (C=O) groups excluding carboxylic acids is 1. The number of amides is 1. The van der Waals surface area contributed by atoms with Crippen LogP contribution in [0.15, 0.2) is 12.1 Å². The number of nitrogens with zero attached hydrogens (tertiary/aromatic N) is 3. The maximum Gasteiger partial charge on any atom is 0.269 e. The first kappa shape index (κ1) is 13.7. The van der Waals surface area contributed by atoms with E-state index in [0.717, 1.165) is 0 Å². The number of ether oxygens (including phenoxy) is 1. The SMILES string of the molecule is CN(CC1(O)CCOCC1)c1ccc(C(N)=O)nn1. The number of anilines is 1. The van der Waals surface area contributed by atoms with Crippen LogP contribution in [0.3, 0.4) is 0 Å². The van der Waals surface area contributed by atoms with Crippen LogP contribution in [-0.2, 0) is 4.74 Å². The van der Waals surface area contributed by atoms with Crippen LogP contribution in [-0.4, -0.2) is 53.6 Å². The van der Waals surface area contributed by atoms with Gasteiger partial charge >= 0.3 is 0 Å². The largest absolute Gasteiger partial charge is 0.388 e. The molecule has 1 aromatic rings. The summed E-state index contributed by atoms with van der Waals surface area (Å²) in [5.41, 5.74) is 4.46. The highest BCUT2D eigenvalue weighted by atomic mass is 16.5. The molecule has 1 aromatic heterocycles. The lowest BCUT2D eigenvalue weighted by atomic mass is 9.94. The lowest BCUT2D eigenvalue weighted by molar-refractivity contribution is -0.0573. The van der Waals surface area contributed by atoms with Gasteiger partial charge in [0.05, 0.1) is 5.60 Å². The smallest absolute Gasteiger partial charge is 0.269 e. The zero-order valence-corrected chi connectivity index (χ0v) is 10.9. The maximum absolute atomic E-state index is 10.9. The molecule has 0 saturated carbocycles. The van der Waals surface area contributed by atoms with E-state index in [4.69, 9.17) is 10.5 Å². The van der Waals surface area contributed by atoms with Crippen LogP contribution in [0.25, 0.3) is 0 Å². The van der Waals surface area contributed by atoms with Crippen LogP contribution in [0.2, 0.25) is 0 Å². The van der Waals surface area contributed by atoms with Crippen molar-refractivity contribution in [1.82, 2.24) is 10.2 Å². The lowest BCUT2D eigenvalue weighted by Crippen LogP contribution is -2.46. The van der Waals surface area contributed by atoms with Crippen molar-refractivity contribution in [3.05, 3.63) is 17.8 Å². The number of carbonyl (C=O) groups is 1. The first-order valence-corrected chi connectivity index (χ1v) is 6.15. The van der Waals surface area contributed by atoms with E-state index in [-0.39, 0.29) is 5.69 Å². The Labute approximate surface area is 111 Å². The van der Waals surface area contributed by atoms with Crippen LogP contribution in [0, 0.1) is 0 Å². The molecule has 1 aliphatic rings. The van der Waals surface area contributed by atoms with Gasteiger partial charge in [-0.1, -0.05) is 0 Å². The van der Waals surface area contributed by atoms with Gasteiger partial charge in [0.25, 0.3) is 5.91 Å². The van der Waals surface area contributed by atoms with Gasteiger partial charge in [-0.25, -0.2) is 0 Å². The maximum atomic E-state index is 10.9. The minimum Gasteiger partial charge on any atom is -0.388 e. The van der Waals surface area contributed by atoms with Gasteiger partial charge in [0.2, 0.25) is 0 Å². The number of aromatic nitrogens is 2. The summed E-state index contributed by atoms with van der Waals surface area (Å²) in [6, 6.07) is 3.19. The second kappa shape index (κ2) is 5.50. The Balaban J connectivity index is 2.02. The fourth-order valence-electron chi connectivity index (χ4n) is 2.09. The van der Waals surface area contributed by atoms with Gasteiger partial charge in [-0.2, -0.15) is 0 Å². The Hall–Kier alpha value is -1.73. The van der Waals surface area contributed by atoms with Crippen molar-refractivity contribution < 1.29 is 14.6 Å². The molecule has 1 fully saturated rings. The van der Waals surface area contributed by atoms with Crippen LogP contribution in [0.4, 0.5) is 5.82 Å². The molecule has 0 radical (unpaired) electrons. The molecule has 1 saturated heterocycles. The molecule has 2 heterocycles. The summed E-state index contributed by atoms with van der Waals surface area (Å²) >= 11 is 0. The van der Waals surface area contributed by atoms with Gasteiger partial charge < -0.3 is 20.5 Å². The number of nitrogens with two attached hydrogens (primary N) is 1. The number of aliphatic hydroxyl groups is 1. The molecule has 0 unspecified atom stereocenters. The zero-order chi connectivity index (χ0) is 13.9. The molecule has 1 amide bonds. The molecule has 2 rings (SSSR count). The van der Waals surface area contributed by atoms with Gasteiger partial charge in [-0.15, -0.1) is 10.2 Å². The highest BCUT2D eigenvalue weighted by Gasteiger charge is 2.31. The summed E-state index contributed by atoms with van der Waals surface area (Å²) in [5.74, 6) is -0.0188. The summed E-state index contributed by atoms with van der Waals surface area (Å²) in [6.07, 6.45) is 1.20. The summed E-state index contributed by atoms with van der Waals surface area (Å²) in [7, 11) is 1.82. The highest BCUT2D eigenvalue weighted by Crippen LogP contribution is 2.22. The number of likely N-dealkylation sites (N-methyl/N-ethyl adjacent to an activating group) is 1. The average molecular weight is 266 g/mol. The van der Waals surface area contributed by atoms with E-state index in [1.807, 2.05) is 11.9 Å². The molecule has 3 N–H and O–H groups in total. The van der Waals surface area contributed by atoms with Crippen molar-refractivity contribution >= 4 is 11.7 Å². The Bertz CT molecular complexity index is 443. The van der Waals surface area contributed by atoms with Crippen molar-refractivity contribution in [1.29, 1.82) is 0 Å². The highest BCUT2D eigenvalue weighted by molar-refractivity contribution is 5.90. The molecule has 104 valence electrons. The van der Waals surface area contributed by atoms with Crippen molar-refractivity contribution in [2.75, 3.05) is 31.7 Å². The Morgan fingerprint density at radius 3 is 2.68 bits per heavy atom. The average Bonchev–Trinajstić information content (AvgIpc) is 2.39. The molecule has 0 spiro atoms. The van der Waals surface area contributed by atoms with E-state index in [9.17, 15) is 9.90 Å². The van der Waals surface area contributed by atoms with Gasteiger partial charge in [0.1, 0.15) is 0 Å². The standard InChI is InChI=1S/C12H18N4O3/c1-16(8-12(18)4-6-19-7-5-12)10-3-2-9(11(13)17)14-15-10/h2-3,18H,4-8H2,1H3,(H2,13,17). The number of hydrogen-bond acceptors (Lipinski definition) is 6. The summed E-state index contributed by atoms with van der Waals surface area (Å²) in [6.45, 7) is 1.58. The topological polar surface area (TPSA) is 102 Å². The van der Waals surface area contributed by atoms with E-state index < -0.39 is 11.5 Å². The van der Waals surface area contributed by atoms with Gasteiger partial charge in [-0.05, 0) is 12.1 Å². The van der Waals surface area contributed by atoms with Crippen LogP contribution in [0.5, 0.6) is 0 Å². The molecule has 0 aliphatic carbocycles. The summed E-state index contributed by atoms with van der Waals surface area (Å²) in [4.78, 5) is 12.7. The zero-order valence-electron chi connectivity index (χ0n) is 10.9. The van der Waals surface area contributed by atoms with Crippen LogP contribution >= 0.6 is 0 Å². The number of primary amides is 1. The van der Waals surface area contributed by atoms with Crippen molar-refractivity contribution in [2.45, 2.75) is 18.4 Å². The molecular weight excluding hydrogens is 248 g/mol. The normalized spacial score (nSPS) is 18.0. The third-order valence-corrected chi connectivity index (χ3v) is 3.25. The molecule has 19 heavy (non-hydrogen) atoms. The van der Waals surface area contributed by atoms with E-state index >= 15 is 0 Å². The predicted octanol–water partition coefficient (Wildman–Crippen LogP) is -0.447. The molecule has 7 heteroatoms. The Morgan fingerprint density at radius 1 is 1.47 bits per heavy atom. The monoisotopic (exact) mass is 266 g/mol. The van der Waals surface area contributed by atoms with Crippen molar-refractivity contribution in [2.24, 2.45) is 5.73 Å². The number of hydrogen-bond donors (Lipinski definition) is 2. The van der Waals surface area contributed by atoms with Crippen LogP contribution in [0.1, 0.15) is 23.3 Å². The first-order valence-electron chi connectivity index (χ1n) is 6.15. The van der Waals surface area contributed by atoms with E-state index in [1.165, 1.54) is 6.07 Å². The predicted molar refractivity (Wildman–Crippen MR) is 68.8 cm³/mol. The molecule has 0 bridgehead atoms. The summed E-state index contributed by atoms with van der Waals surface area (Å²) < 4.78 is 5.24. The number of rotatable bonds is 4. The molecule has 1 aliphatic heterocycles. The molecule has 0 atom stereocenters. The second-order valence-corrected chi connectivity index (χ2v) is 4.83. The van der Waals surface area contributed by atoms with E-state index in [2.05, 4.69) is 10.2 Å². The lowest BCUT2D eigenvalue weighted by Gasteiger charge is -2.35. The van der Waals surface area contributed by atoms with Gasteiger partial charge in [-0.3, -0.25) is 4.79 Å². The van der Waals surface area contributed by atoms with Gasteiger partial charge in [0, 0.05) is 39.6 Å². The second-order valence-electron chi connectivity index (χ2n) is 4.83. The van der Waals surface area contributed by atoms with Crippen LogP contribution < -0.4 is 10.6 Å². The fourth-order valence-corrected chi connectivity index (χ4v) is 2.09. The van der Waals surface area contributed by atoms with Crippen molar-refractivity contribution in [3.63, 3.8) is 0 Å². The Kier molecular flexibility index (Phi) is 3.96. The first-order chi connectivity index (χ1) is 9.00. The van der Waals surface area contributed by atoms with E-state index in [0.29, 0.717) is 38.4 Å². The van der Waals surface area contributed by atoms with E-state index in [1.54, 1.807) is 6.07 Å². The third kappa shape index (κ3) is 3.39. The van der Waals surface area contributed by atoms with Crippen molar-refractivity contribution in [3.8, 4) is 0 Å². The Morgan fingerprint density at radius 2 is 2.16 bits per heavy atom. The minimum atomic E-state index is -0.767. The van der Waals surface area contributed by atoms with Gasteiger partial charge in [0.15, 0.2) is 11.5 Å². The molecule has 7 nitrogen and oxygen atoms in total.